The Hall–Kier alpha value is -1.14. The highest BCUT2D eigenvalue weighted by Crippen LogP contribution is 2.23. The summed E-state index contributed by atoms with van der Waals surface area (Å²) in [7, 11) is 0. The van der Waals surface area contributed by atoms with E-state index in [0.717, 1.165) is 25.7 Å². The Bertz CT molecular complexity index is 265. The molecule has 0 aromatic heterocycles. The second kappa shape index (κ2) is 7.24. The summed E-state index contributed by atoms with van der Waals surface area (Å²) in [5.74, 6) is -1.18. The normalized spacial score (nSPS) is 15.9. The highest BCUT2D eigenvalue weighted by Gasteiger charge is 2.29. The van der Waals surface area contributed by atoms with Crippen LogP contribution < -0.4 is 11.1 Å². The molecule has 17 heavy (non-hydrogen) atoms. The molecule has 0 spiro atoms. The molecule has 1 rings (SSSR count). The van der Waals surface area contributed by atoms with Gasteiger partial charge in [0, 0.05) is 25.7 Å². The predicted octanol–water partition coefficient (Wildman–Crippen LogP) is -1.18. The molecule has 1 aliphatic carbocycles. The van der Waals surface area contributed by atoms with Gasteiger partial charge in [0.05, 0.1) is 6.61 Å². The van der Waals surface area contributed by atoms with Gasteiger partial charge in [-0.3, -0.25) is 9.59 Å². The van der Waals surface area contributed by atoms with Crippen molar-refractivity contribution in [1.82, 2.24) is 10.2 Å². The predicted molar refractivity (Wildman–Crippen MR) is 63.1 cm³/mol. The van der Waals surface area contributed by atoms with Crippen LogP contribution in [0.1, 0.15) is 25.7 Å². The summed E-state index contributed by atoms with van der Waals surface area (Å²) < 4.78 is 0. The van der Waals surface area contributed by atoms with Gasteiger partial charge in [0.15, 0.2) is 0 Å². The number of hydrogen-bond donors (Lipinski definition) is 3. The van der Waals surface area contributed by atoms with E-state index in [9.17, 15) is 9.59 Å². The molecule has 0 saturated heterocycles. The number of amides is 2. The first-order valence-corrected chi connectivity index (χ1v) is 6.10. The van der Waals surface area contributed by atoms with Crippen LogP contribution >= 0.6 is 0 Å². The lowest BCUT2D eigenvalue weighted by molar-refractivity contribution is -0.147. The van der Waals surface area contributed by atoms with Gasteiger partial charge in [-0.25, -0.2) is 0 Å². The molecule has 0 bridgehead atoms. The van der Waals surface area contributed by atoms with Crippen molar-refractivity contribution in [2.75, 3.05) is 26.2 Å². The van der Waals surface area contributed by atoms with E-state index in [1.807, 2.05) is 0 Å². The van der Waals surface area contributed by atoms with E-state index < -0.39 is 11.8 Å². The van der Waals surface area contributed by atoms with E-state index in [1.165, 1.54) is 4.90 Å². The summed E-state index contributed by atoms with van der Waals surface area (Å²) in [6.45, 7) is 0.705. The minimum atomic E-state index is -0.629. The van der Waals surface area contributed by atoms with Gasteiger partial charge in [-0.15, -0.1) is 0 Å². The molecule has 0 aromatic rings. The molecule has 0 unspecified atom stereocenters. The topological polar surface area (TPSA) is 95.7 Å². The first-order valence-electron chi connectivity index (χ1n) is 6.10. The number of hydrogen-bond acceptors (Lipinski definition) is 4. The monoisotopic (exact) mass is 243 g/mol. The Morgan fingerprint density at radius 2 is 2.00 bits per heavy atom. The van der Waals surface area contributed by atoms with E-state index >= 15 is 0 Å². The number of aliphatic hydroxyl groups is 1. The van der Waals surface area contributed by atoms with Crippen LogP contribution in [0, 0.1) is 0 Å². The summed E-state index contributed by atoms with van der Waals surface area (Å²) in [4.78, 5) is 24.9. The summed E-state index contributed by atoms with van der Waals surface area (Å²) in [6.07, 6.45) is 3.97. The van der Waals surface area contributed by atoms with Gasteiger partial charge in [0.1, 0.15) is 0 Å². The highest BCUT2D eigenvalue weighted by molar-refractivity contribution is 6.35. The van der Waals surface area contributed by atoms with E-state index in [1.54, 1.807) is 0 Å². The van der Waals surface area contributed by atoms with Crippen LogP contribution in [-0.2, 0) is 9.59 Å². The third-order valence-corrected chi connectivity index (χ3v) is 2.99. The molecule has 1 aliphatic rings. The van der Waals surface area contributed by atoms with Gasteiger partial charge < -0.3 is 21.1 Å². The molecular weight excluding hydrogens is 222 g/mol. The van der Waals surface area contributed by atoms with E-state index in [-0.39, 0.29) is 19.2 Å². The average Bonchev–Trinajstić information content (AvgIpc) is 2.85. The highest BCUT2D eigenvalue weighted by atomic mass is 16.3. The molecular formula is C11H21N3O3. The lowest BCUT2D eigenvalue weighted by Crippen LogP contribution is -2.49. The van der Waals surface area contributed by atoms with Crippen molar-refractivity contribution in [2.45, 2.75) is 31.7 Å². The van der Waals surface area contributed by atoms with Crippen molar-refractivity contribution in [2.24, 2.45) is 5.73 Å². The first kappa shape index (κ1) is 13.9. The fourth-order valence-electron chi connectivity index (χ4n) is 2.17. The number of rotatable bonds is 5. The van der Waals surface area contributed by atoms with Crippen LogP contribution in [-0.4, -0.2) is 54.1 Å². The molecule has 1 saturated carbocycles. The first-order chi connectivity index (χ1) is 8.20. The van der Waals surface area contributed by atoms with Crippen molar-refractivity contribution in [3.8, 4) is 0 Å². The van der Waals surface area contributed by atoms with Crippen LogP contribution in [0.25, 0.3) is 0 Å². The Balaban J connectivity index is 2.55. The lowest BCUT2D eigenvalue weighted by atomic mass is 10.2. The van der Waals surface area contributed by atoms with Crippen molar-refractivity contribution in [3.63, 3.8) is 0 Å². The molecule has 1 fully saturated rings. The largest absolute Gasteiger partial charge is 0.395 e. The van der Waals surface area contributed by atoms with Gasteiger partial charge in [0.2, 0.25) is 0 Å². The molecule has 0 aromatic carbocycles. The second-order valence-corrected chi connectivity index (χ2v) is 4.21. The Kier molecular flexibility index (Phi) is 5.93. The number of aliphatic hydroxyl groups excluding tert-OH is 1. The smallest absolute Gasteiger partial charge is 0.312 e. The van der Waals surface area contributed by atoms with Gasteiger partial charge in [-0.2, -0.15) is 0 Å². The zero-order valence-corrected chi connectivity index (χ0v) is 10.0. The molecule has 0 aliphatic heterocycles. The standard InChI is InChI=1S/C11H21N3O3/c12-5-6-13-10(16)11(17)14(7-8-15)9-3-1-2-4-9/h9,15H,1-8,12H2,(H,13,16). The maximum Gasteiger partial charge on any atom is 0.312 e. The zero-order chi connectivity index (χ0) is 12.7. The van der Waals surface area contributed by atoms with Gasteiger partial charge in [-0.05, 0) is 12.8 Å². The van der Waals surface area contributed by atoms with Gasteiger partial charge in [-0.1, -0.05) is 12.8 Å². The summed E-state index contributed by atoms with van der Waals surface area (Å²) in [5, 5.41) is 11.4. The van der Waals surface area contributed by atoms with Crippen LogP contribution in [0.4, 0.5) is 0 Å². The molecule has 2 amide bonds. The second-order valence-electron chi connectivity index (χ2n) is 4.21. The van der Waals surface area contributed by atoms with Gasteiger partial charge >= 0.3 is 11.8 Å². The SMILES string of the molecule is NCCNC(=O)C(=O)N(CCO)C1CCCC1. The van der Waals surface area contributed by atoms with Crippen molar-refractivity contribution < 1.29 is 14.7 Å². The summed E-state index contributed by atoms with van der Waals surface area (Å²) in [6, 6.07) is 0.0956. The van der Waals surface area contributed by atoms with E-state index in [0.29, 0.717) is 13.1 Å². The van der Waals surface area contributed by atoms with Crippen LogP contribution in [0.5, 0.6) is 0 Å². The van der Waals surface area contributed by atoms with E-state index in [4.69, 9.17) is 10.8 Å². The van der Waals surface area contributed by atoms with Gasteiger partial charge in [0.25, 0.3) is 0 Å². The number of nitrogens with zero attached hydrogens (tertiary/aromatic N) is 1. The number of nitrogens with one attached hydrogen (secondary N) is 1. The molecule has 6 heteroatoms. The number of carbonyl (C=O) groups excluding carboxylic acids is 2. The number of carbonyl (C=O) groups is 2. The average molecular weight is 243 g/mol. The molecule has 0 atom stereocenters. The molecule has 0 heterocycles. The quantitative estimate of drug-likeness (QED) is 0.530. The fraction of sp³-hybridized carbons (Fsp3) is 0.818. The Morgan fingerprint density at radius 3 is 2.53 bits per heavy atom. The zero-order valence-electron chi connectivity index (χ0n) is 10.0. The minimum absolute atomic E-state index is 0.0956. The third kappa shape index (κ3) is 3.98. The lowest BCUT2D eigenvalue weighted by Gasteiger charge is -2.27. The molecule has 6 nitrogen and oxygen atoms in total. The maximum atomic E-state index is 11.9. The van der Waals surface area contributed by atoms with Crippen molar-refractivity contribution in [3.05, 3.63) is 0 Å². The Labute approximate surface area is 101 Å². The third-order valence-electron chi connectivity index (χ3n) is 2.99. The summed E-state index contributed by atoms with van der Waals surface area (Å²) >= 11 is 0. The van der Waals surface area contributed by atoms with Crippen LogP contribution in [0.15, 0.2) is 0 Å². The van der Waals surface area contributed by atoms with Crippen LogP contribution in [0.2, 0.25) is 0 Å². The maximum absolute atomic E-state index is 11.9. The van der Waals surface area contributed by atoms with Crippen LogP contribution in [0.3, 0.4) is 0 Å². The molecule has 4 N–H and O–H groups in total. The summed E-state index contributed by atoms with van der Waals surface area (Å²) in [5.41, 5.74) is 5.25. The number of nitrogens with two attached hydrogens (primary N) is 1. The van der Waals surface area contributed by atoms with Crippen molar-refractivity contribution in [1.29, 1.82) is 0 Å². The molecule has 0 radical (unpaired) electrons. The fourth-order valence-corrected chi connectivity index (χ4v) is 2.17. The Morgan fingerprint density at radius 1 is 1.35 bits per heavy atom. The van der Waals surface area contributed by atoms with E-state index in [2.05, 4.69) is 5.32 Å². The minimum Gasteiger partial charge on any atom is -0.395 e. The van der Waals surface area contributed by atoms with Crippen molar-refractivity contribution >= 4 is 11.8 Å². The molecule has 98 valence electrons.